The molecule has 0 fully saturated rings. The van der Waals surface area contributed by atoms with E-state index in [4.69, 9.17) is 4.74 Å². The Morgan fingerprint density at radius 1 is 0.789 bits per heavy atom. The molecule has 0 N–H and O–H groups in total. The third-order valence-electron chi connectivity index (χ3n) is 3.72. The van der Waals surface area contributed by atoms with E-state index >= 15 is 0 Å². The number of hydrogen-bond acceptors (Lipinski definition) is 1. The third-order valence-corrected chi connectivity index (χ3v) is 3.72. The first-order chi connectivity index (χ1) is 9.07. The van der Waals surface area contributed by atoms with Crippen molar-refractivity contribution in [1.82, 2.24) is 0 Å². The average Bonchev–Trinajstić information content (AvgIpc) is 2.79. The van der Waals surface area contributed by atoms with Gasteiger partial charge in [0.15, 0.2) is 0 Å². The van der Waals surface area contributed by atoms with Crippen LogP contribution in [0.2, 0.25) is 0 Å². The Balaban J connectivity index is 2.07. The van der Waals surface area contributed by atoms with Crippen molar-refractivity contribution in [2.45, 2.75) is 33.0 Å². The number of fused-ring (bicyclic) bond motifs is 1. The van der Waals surface area contributed by atoms with Crippen LogP contribution in [0, 0.1) is 5.41 Å². The number of benzene rings is 2. The van der Waals surface area contributed by atoms with Gasteiger partial charge in [-0.25, -0.2) is 0 Å². The molecule has 19 heavy (non-hydrogen) atoms. The smallest absolute Gasteiger partial charge is 0.109 e. The van der Waals surface area contributed by atoms with Gasteiger partial charge in [0.1, 0.15) is 6.10 Å². The van der Waals surface area contributed by atoms with Gasteiger partial charge in [0.25, 0.3) is 0 Å². The molecule has 0 aliphatic carbocycles. The maximum Gasteiger partial charge on any atom is 0.109 e. The van der Waals surface area contributed by atoms with Crippen molar-refractivity contribution in [2.24, 2.45) is 5.41 Å². The maximum atomic E-state index is 6.38. The van der Waals surface area contributed by atoms with E-state index in [9.17, 15) is 0 Å². The summed E-state index contributed by atoms with van der Waals surface area (Å²) in [5.74, 6) is 0. The number of rotatable bonds is 1. The van der Waals surface area contributed by atoms with Crippen molar-refractivity contribution in [3.63, 3.8) is 0 Å². The van der Waals surface area contributed by atoms with Crippen LogP contribution in [0.5, 0.6) is 0 Å². The van der Waals surface area contributed by atoms with E-state index in [1.54, 1.807) is 0 Å². The second kappa shape index (κ2) is 4.50. The zero-order valence-electron chi connectivity index (χ0n) is 11.8. The van der Waals surface area contributed by atoms with Crippen LogP contribution in [0.3, 0.4) is 0 Å². The molecule has 1 heteroatoms. The largest absolute Gasteiger partial charge is 0.360 e. The van der Waals surface area contributed by atoms with Gasteiger partial charge in [-0.2, -0.15) is 0 Å². The molecule has 1 heterocycles. The minimum absolute atomic E-state index is 0.0709. The summed E-state index contributed by atoms with van der Waals surface area (Å²) in [5, 5.41) is 0. The standard InChI is InChI=1S/C18H20O/c1-18(2,3)17-15-12-8-7-11-14(15)16(19-17)13-9-5-4-6-10-13/h4-12,16-17H,1-3H3. The highest BCUT2D eigenvalue weighted by Crippen LogP contribution is 2.49. The summed E-state index contributed by atoms with van der Waals surface area (Å²) in [6.07, 6.45) is 0.232. The van der Waals surface area contributed by atoms with Gasteiger partial charge in [-0.05, 0) is 22.1 Å². The first-order valence-electron chi connectivity index (χ1n) is 6.86. The molecule has 1 nitrogen and oxygen atoms in total. The summed E-state index contributed by atoms with van der Waals surface area (Å²) in [6, 6.07) is 19.1. The first kappa shape index (κ1) is 12.4. The highest BCUT2D eigenvalue weighted by molar-refractivity contribution is 5.41. The monoisotopic (exact) mass is 252 g/mol. The van der Waals surface area contributed by atoms with Gasteiger partial charge in [-0.15, -0.1) is 0 Å². The lowest BCUT2D eigenvalue weighted by Gasteiger charge is -2.27. The molecule has 2 aromatic rings. The molecule has 2 unspecified atom stereocenters. The van der Waals surface area contributed by atoms with Gasteiger partial charge in [0.2, 0.25) is 0 Å². The van der Waals surface area contributed by atoms with Gasteiger partial charge in [0.05, 0.1) is 6.10 Å². The summed E-state index contributed by atoms with van der Waals surface area (Å²) < 4.78 is 6.38. The molecule has 2 atom stereocenters. The Kier molecular flexibility index (Phi) is 2.94. The summed E-state index contributed by atoms with van der Waals surface area (Å²) >= 11 is 0. The number of ether oxygens (including phenoxy) is 1. The number of hydrogen-bond donors (Lipinski definition) is 0. The Labute approximate surface area is 115 Å². The zero-order valence-corrected chi connectivity index (χ0v) is 11.8. The fraction of sp³-hybridized carbons (Fsp3) is 0.333. The highest BCUT2D eigenvalue weighted by atomic mass is 16.5. The second-order valence-corrected chi connectivity index (χ2v) is 6.30. The minimum atomic E-state index is 0.0709. The summed E-state index contributed by atoms with van der Waals surface area (Å²) in [6.45, 7) is 6.71. The van der Waals surface area contributed by atoms with Crippen LogP contribution >= 0.6 is 0 Å². The van der Waals surface area contributed by atoms with Gasteiger partial charge in [-0.3, -0.25) is 0 Å². The molecule has 2 aromatic carbocycles. The Bertz CT molecular complexity index is 566. The molecule has 0 saturated carbocycles. The third kappa shape index (κ3) is 2.19. The van der Waals surface area contributed by atoms with Crippen molar-refractivity contribution >= 4 is 0 Å². The Hall–Kier alpha value is -1.60. The Morgan fingerprint density at radius 2 is 1.37 bits per heavy atom. The van der Waals surface area contributed by atoms with Gasteiger partial charge in [-0.1, -0.05) is 75.4 Å². The van der Waals surface area contributed by atoms with E-state index < -0.39 is 0 Å². The molecule has 3 rings (SSSR count). The van der Waals surface area contributed by atoms with Crippen molar-refractivity contribution in [3.05, 3.63) is 71.3 Å². The van der Waals surface area contributed by atoms with Crippen LogP contribution in [-0.4, -0.2) is 0 Å². The predicted molar refractivity (Wildman–Crippen MR) is 78.0 cm³/mol. The zero-order chi connectivity index (χ0) is 13.5. The predicted octanol–water partition coefficient (Wildman–Crippen LogP) is 4.89. The minimum Gasteiger partial charge on any atom is -0.360 e. The van der Waals surface area contributed by atoms with Crippen LogP contribution in [0.1, 0.15) is 49.7 Å². The van der Waals surface area contributed by atoms with E-state index in [-0.39, 0.29) is 17.6 Å². The lowest BCUT2D eigenvalue weighted by molar-refractivity contribution is -0.0310. The van der Waals surface area contributed by atoms with Gasteiger partial charge >= 0.3 is 0 Å². The van der Waals surface area contributed by atoms with E-state index in [2.05, 4.69) is 69.3 Å². The van der Waals surface area contributed by atoms with Crippen molar-refractivity contribution in [2.75, 3.05) is 0 Å². The Morgan fingerprint density at radius 3 is 2.00 bits per heavy atom. The van der Waals surface area contributed by atoms with Crippen LogP contribution < -0.4 is 0 Å². The van der Waals surface area contributed by atoms with Gasteiger partial charge < -0.3 is 4.74 Å². The maximum absolute atomic E-state index is 6.38. The fourth-order valence-corrected chi connectivity index (χ4v) is 2.83. The second-order valence-electron chi connectivity index (χ2n) is 6.30. The lowest BCUT2D eigenvalue weighted by Crippen LogP contribution is -2.18. The molecule has 0 spiro atoms. The fourth-order valence-electron chi connectivity index (χ4n) is 2.83. The molecule has 0 bridgehead atoms. The SMILES string of the molecule is CC(C)(C)C1OC(c2ccccc2)c2ccccc21. The molecular weight excluding hydrogens is 232 g/mol. The lowest BCUT2D eigenvalue weighted by atomic mass is 9.84. The van der Waals surface area contributed by atoms with Crippen molar-refractivity contribution in [3.8, 4) is 0 Å². The molecular formula is C18H20O. The van der Waals surface area contributed by atoms with Gasteiger partial charge in [0, 0.05) is 0 Å². The van der Waals surface area contributed by atoms with E-state index in [1.165, 1.54) is 16.7 Å². The van der Waals surface area contributed by atoms with Crippen LogP contribution in [-0.2, 0) is 4.74 Å². The molecule has 1 aliphatic rings. The van der Waals surface area contributed by atoms with Crippen LogP contribution in [0.25, 0.3) is 0 Å². The highest BCUT2D eigenvalue weighted by Gasteiger charge is 2.38. The van der Waals surface area contributed by atoms with E-state index in [0.29, 0.717) is 0 Å². The molecule has 1 aliphatic heterocycles. The molecule has 0 saturated heterocycles. The van der Waals surface area contributed by atoms with Crippen LogP contribution in [0.4, 0.5) is 0 Å². The molecule has 98 valence electrons. The average molecular weight is 252 g/mol. The van der Waals surface area contributed by atoms with E-state index in [0.717, 1.165) is 0 Å². The molecule has 0 radical (unpaired) electrons. The summed E-state index contributed by atoms with van der Waals surface area (Å²) in [4.78, 5) is 0. The normalized spacial score (nSPS) is 22.3. The summed E-state index contributed by atoms with van der Waals surface area (Å²) in [5.41, 5.74) is 4.00. The first-order valence-corrected chi connectivity index (χ1v) is 6.86. The van der Waals surface area contributed by atoms with Crippen LogP contribution in [0.15, 0.2) is 54.6 Å². The topological polar surface area (TPSA) is 9.23 Å². The van der Waals surface area contributed by atoms with E-state index in [1.807, 2.05) is 6.07 Å². The molecule has 0 aromatic heterocycles. The quantitative estimate of drug-likeness (QED) is 0.702. The van der Waals surface area contributed by atoms with Crippen molar-refractivity contribution < 1.29 is 4.74 Å². The van der Waals surface area contributed by atoms with Crippen molar-refractivity contribution in [1.29, 1.82) is 0 Å². The molecule has 0 amide bonds. The summed E-state index contributed by atoms with van der Waals surface area (Å²) in [7, 11) is 0.